The number of aromatic nitrogens is 3. The molecule has 0 amide bonds. The Bertz CT molecular complexity index is 1770. The summed E-state index contributed by atoms with van der Waals surface area (Å²) in [5, 5.41) is 9.83. The zero-order chi connectivity index (χ0) is 26.2. The highest BCUT2D eigenvalue weighted by molar-refractivity contribution is 7.91. The molecule has 3 aromatic heterocycles. The molecule has 9 heteroatoms. The molecule has 0 radical (unpaired) electrons. The van der Waals surface area contributed by atoms with Crippen molar-refractivity contribution in [1.82, 2.24) is 15.0 Å². The largest absolute Gasteiger partial charge is 0.508 e. The maximum Gasteiger partial charge on any atom is 0.194 e. The molecule has 7 nitrogen and oxygen atoms in total. The van der Waals surface area contributed by atoms with Crippen LogP contribution in [0, 0.1) is 6.92 Å². The number of halogens is 1. The quantitative estimate of drug-likeness (QED) is 0.286. The van der Waals surface area contributed by atoms with E-state index in [1.165, 1.54) is 12.1 Å². The number of nitrogens with zero attached hydrogens (tertiary/aromatic N) is 2. The van der Waals surface area contributed by atoms with Gasteiger partial charge >= 0.3 is 0 Å². The van der Waals surface area contributed by atoms with E-state index in [-0.39, 0.29) is 34.0 Å². The lowest BCUT2D eigenvalue weighted by atomic mass is 9.98. The number of sulfone groups is 1. The van der Waals surface area contributed by atoms with Gasteiger partial charge < -0.3 is 10.1 Å². The van der Waals surface area contributed by atoms with E-state index in [4.69, 9.17) is 16.6 Å². The summed E-state index contributed by atoms with van der Waals surface area (Å²) < 4.78 is 26.2. The van der Waals surface area contributed by atoms with E-state index in [1.807, 2.05) is 43.3 Å². The Balaban J connectivity index is 1.63. The molecule has 0 spiro atoms. The summed E-state index contributed by atoms with van der Waals surface area (Å²) in [7, 11) is -3.82. The molecule has 5 aromatic rings. The highest BCUT2D eigenvalue weighted by Crippen LogP contribution is 2.33. The van der Waals surface area contributed by atoms with Crippen molar-refractivity contribution in [2.75, 3.05) is 5.75 Å². The zero-order valence-corrected chi connectivity index (χ0v) is 21.3. The van der Waals surface area contributed by atoms with Crippen molar-refractivity contribution in [2.24, 2.45) is 0 Å². The first kappa shape index (κ1) is 24.7. The number of nitrogens with one attached hydrogen (secondary N) is 1. The number of aromatic amines is 1. The van der Waals surface area contributed by atoms with Crippen LogP contribution in [0.4, 0.5) is 0 Å². The van der Waals surface area contributed by atoms with E-state index in [1.54, 1.807) is 24.3 Å². The first-order valence-corrected chi connectivity index (χ1v) is 13.5. The molecule has 0 unspecified atom stereocenters. The van der Waals surface area contributed by atoms with Crippen molar-refractivity contribution in [3.05, 3.63) is 105 Å². The molecular formula is C28H22ClN3O4S. The van der Waals surface area contributed by atoms with Crippen LogP contribution < -0.4 is 5.43 Å². The molecule has 3 heterocycles. The minimum atomic E-state index is -3.82. The molecule has 0 atom stereocenters. The Morgan fingerprint density at radius 2 is 1.65 bits per heavy atom. The molecule has 0 aliphatic rings. The van der Waals surface area contributed by atoms with Gasteiger partial charge in [0.2, 0.25) is 0 Å². The van der Waals surface area contributed by atoms with Crippen molar-refractivity contribution in [3.8, 4) is 28.1 Å². The van der Waals surface area contributed by atoms with Crippen LogP contribution in [0.2, 0.25) is 5.15 Å². The number of phenolic OH excluding ortho intramolecular Hbond substituents is 1. The van der Waals surface area contributed by atoms with E-state index >= 15 is 0 Å². The molecule has 186 valence electrons. The number of benzene rings is 2. The van der Waals surface area contributed by atoms with Gasteiger partial charge in [0.25, 0.3) is 0 Å². The van der Waals surface area contributed by atoms with Crippen LogP contribution in [0.25, 0.3) is 33.4 Å². The molecule has 37 heavy (non-hydrogen) atoms. The lowest BCUT2D eigenvalue weighted by molar-refractivity contribution is 0.475. The van der Waals surface area contributed by atoms with Gasteiger partial charge in [0, 0.05) is 22.9 Å². The Labute approximate surface area is 218 Å². The lowest BCUT2D eigenvalue weighted by Crippen LogP contribution is -2.15. The van der Waals surface area contributed by atoms with E-state index in [2.05, 4.69) is 9.97 Å². The number of hydrogen-bond acceptors (Lipinski definition) is 6. The second-order valence-corrected chi connectivity index (χ2v) is 11.2. The second-order valence-electron chi connectivity index (χ2n) is 8.70. The Morgan fingerprint density at radius 1 is 0.919 bits per heavy atom. The maximum atomic E-state index is 13.1. The first-order chi connectivity index (χ1) is 17.7. The van der Waals surface area contributed by atoms with Crippen LogP contribution in [0.3, 0.4) is 0 Å². The van der Waals surface area contributed by atoms with Gasteiger partial charge in [-0.05, 0) is 54.8 Å². The third-order valence-corrected chi connectivity index (χ3v) is 7.83. The van der Waals surface area contributed by atoms with Gasteiger partial charge in [0.05, 0.1) is 16.8 Å². The summed E-state index contributed by atoms with van der Waals surface area (Å²) >= 11 is 6.22. The predicted molar refractivity (Wildman–Crippen MR) is 145 cm³/mol. The normalized spacial score (nSPS) is 11.6. The molecule has 0 saturated carbocycles. The van der Waals surface area contributed by atoms with Crippen molar-refractivity contribution >= 4 is 32.5 Å². The molecule has 0 fully saturated rings. The molecule has 2 aromatic carbocycles. The minimum Gasteiger partial charge on any atom is -0.508 e. The van der Waals surface area contributed by atoms with Crippen LogP contribution in [0.15, 0.2) is 88.7 Å². The van der Waals surface area contributed by atoms with Crippen LogP contribution in [0.5, 0.6) is 5.75 Å². The summed E-state index contributed by atoms with van der Waals surface area (Å²) in [5.41, 5.74) is 3.98. The van der Waals surface area contributed by atoms with Crippen molar-refractivity contribution in [2.45, 2.75) is 18.4 Å². The van der Waals surface area contributed by atoms with Crippen LogP contribution in [-0.2, 0) is 16.3 Å². The topological polar surface area (TPSA) is 113 Å². The second kappa shape index (κ2) is 9.80. The first-order valence-electron chi connectivity index (χ1n) is 11.5. The lowest BCUT2D eigenvalue weighted by Gasteiger charge is -2.13. The Kier molecular flexibility index (Phi) is 6.54. The van der Waals surface area contributed by atoms with Gasteiger partial charge in [-0.25, -0.2) is 18.4 Å². The summed E-state index contributed by atoms with van der Waals surface area (Å²) in [5.74, 6) is -0.105. The molecule has 5 rings (SSSR count). The number of aromatic hydroxyl groups is 1. The SMILES string of the molecule is Cc1cc(-c2cc3c(=O)cc(S(=O)(=O)CCc4ccc(O)cc4)[nH]c3nc2-c2ccccc2)cc(Cl)n1. The standard InChI is InChI=1S/C28H22ClN3O4S/c1-17-13-20(14-25(29)30-17)22-15-23-24(34)16-26(31-28(23)32-27(22)19-5-3-2-4-6-19)37(35,36)12-11-18-7-9-21(33)10-8-18/h2-10,13-16,33H,11-12H2,1H3,(H,31,32,34). The van der Waals surface area contributed by atoms with E-state index in [0.717, 1.165) is 22.8 Å². The van der Waals surface area contributed by atoms with E-state index in [0.29, 0.717) is 22.1 Å². The monoisotopic (exact) mass is 531 g/mol. The van der Waals surface area contributed by atoms with Gasteiger partial charge in [0.1, 0.15) is 21.6 Å². The fourth-order valence-electron chi connectivity index (χ4n) is 4.16. The van der Waals surface area contributed by atoms with Gasteiger partial charge in [-0.3, -0.25) is 4.79 Å². The minimum absolute atomic E-state index is 0.106. The van der Waals surface area contributed by atoms with Crippen LogP contribution in [0.1, 0.15) is 11.3 Å². The van der Waals surface area contributed by atoms with E-state index < -0.39 is 15.3 Å². The fraction of sp³-hybridized carbons (Fsp3) is 0.107. The maximum absolute atomic E-state index is 13.1. The summed E-state index contributed by atoms with van der Waals surface area (Å²) in [4.78, 5) is 25.0. The smallest absolute Gasteiger partial charge is 0.194 e. The Hall–Kier alpha value is -4.01. The van der Waals surface area contributed by atoms with Crippen molar-refractivity contribution < 1.29 is 13.5 Å². The molecular weight excluding hydrogens is 510 g/mol. The molecule has 0 saturated heterocycles. The van der Waals surface area contributed by atoms with Crippen molar-refractivity contribution in [1.29, 1.82) is 0 Å². The van der Waals surface area contributed by atoms with E-state index in [9.17, 15) is 18.3 Å². The predicted octanol–water partition coefficient (Wildman–Crippen LogP) is 5.34. The third-order valence-electron chi connectivity index (χ3n) is 6.00. The average Bonchev–Trinajstić information content (AvgIpc) is 2.87. The third kappa shape index (κ3) is 5.26. The number of H-pyrrole nitrogens is 1. The van der Waals surface area contributed by atoms with Gasteiger partial charge in [-0.1, -0.05) is 54.1 Å². The van der Waals surface area contributed by atoms with Crippen molar-refractivity contribution in [3.63, 3.8) is 0 Å². The summed E-state index contributed by atoms with van der Waals surface area (Å²) in [6.07, 6.45) is 0.229. The molecule has 2 N–H and O–H groups in total. The number of rotatable bonds is 6. The highest BCUT2D eigenvalue weighted by atomic mass is 35.5. The summed E-state index contributed by atoms with van der Waals surface area (Å²) in [6, 6.07) is 22.1. The van der Waals surface area contributed by atoms with Gasteiger partial charge in [-0.2, -0.15) is 0 Å². The van der Waals surface area contributed by atoms with Crippen LogP contribution >= 0.6 is 11.6 Å². The number of pyridine rings is 3. The van der Waals surface area contributed by atoms with Gasteiger partial charge in [-0.15, -0.1) is 0 Å². The Morgan fingerprint density at radius 3 is 2.35 bits per heavy atom. The number of aryl methyl sites for hydroxylation is 2. The number of fused-ring (bicyclic) bond motifs is 1. The molecule has 0 aliphatic heterocycles. The highest BCUT2D eigenvalue weighted by Gasteiger charge is 2.20. The molecule has 0 bridgehead atoms. The van der Waals surface area contributed by atoms with Crippen LogP contribution in [-0.4, -0.2) is 34.2 Å². The number of phenols is 1. The molecule has 0 aliphatic carbocycles. The zero-order valence-electron chi connectivity index (χ0n) is 19.8. The number of hydrogen-bond donors (Lipinski definition) is 2. The van der Waals surface area contributed by atoms with Gasteiger partial charge in [0.15, 0.2) is 15.3 Å². The average molecular weight is 532 g/mol. The fourth-order valence-corrected chi connectivity index (χ4v) is 5.67. The summed E-state index contributed by atoms with van der Waals surface area (Å²) in [6.45, 7) is 1.83.